The van der Waals surface area contributed by atoms with Crippen LogP contribution in [0.5, 0.6) is 0 Å². The van der Waals surface area contributed by atoms with Crippen LogP contribution in [0.15, 0.2) is 60.7 Å². The van der Waals surface area contributed by atoms with Gasteiger partial charge in [-0.05, 0) is 36.3 Å². The zero-order chi connectivity index (χ0) is 19.6. The van der Waals surface area contributed by atoms with E-state index in [-0.39, 0.29) is 28.7 Å². The molecule has 0 aromatic heterocycles. The lowest BCUT2D eigenvalue weighted by Crippen LogP contribution is -2.49. The van der Waals surface area contributed by atoms with E-state index < -0.39 is 9.84 Å². The van der Waals surface area contributed by atoms with Crippen molar-refractivity contribution in [3.8, 4) is 0 Å². The molecule has 0 radical (unpaired) electrons. The largest absolute Gasteiger partial charge is 0.341 e. The molecule has 5 heteroatoms. The zero-order valence-electron chi connectivity index (χ0n) is 16.1. The molecule has 0 bridgehead atoms. The molecule has 2 aromatic rings. The normalized spacial score (nSPS) is 23.4. The Bertz CT molecular complexity index is 885. The summed E-state index contributed by atoms with van der Waals surface area (Å²) < 4.78 is 23.5. The van der Waals surface area contributed by atoms with E-state index in [0.717, 1.165) is 19.4 Å². The van der Waals surface area contributed by atoms with Crippen LogP contribution in [0, 0.1) is 5.92 Å². The van der Waals surface area contributed by atoms with Crippen molar-refractivity contribution in [3.05, 3.63) is 71.8 Å². The van der Waals surface area contributed by atoms with E-state index in [1.807, 2.05) is 17.0 Å². The van der Waals surface area contributed by atoms with Gasteiger partial charge in [0.15, 0.2) is 9.84 Å². The third-order valence-electron chi connectivity index (χ3n) is 6.29. The van der Waals surface area contributed by atoms with Crippen LogP contribution in [-0.2, 0) is 20.0 Å². The van der Waals surface area contributed by atoms with Crippen molar-refractivity contribution < 1.29 is 13.2 Å². The van der Waals surface area contributed by atoms with E-state index in [1.165, 1.54) is 11.1 Å². The Morgan fingerprint density at radius 2 is 1.61 bits per heavy atom. The molecule has 2 heterocycles. The van der Waals surface area contributed by atoms with Gasteiger partial charge in [-0.1, -0.05) is 60.7 Å². The lowest BCUT2D eigenvalue weighted by atomic mass is 9.69. The molecule has 2 fully saturated rings. The number of hydrogen-bond acceptors (Lipinski definition) is 3. The number of likely N-dealkylation sites (tertiary alicyclic amines) is 1. The summed E-state index contributed by atoms with van der Waals surface area (Å²) in [5.74, 6) is 0.457. The molecular weight excluding hydrogens is 370 g/mol. The highest BCUT2D eigenvalue weighted by atomic mass is 32.2. The monoisotopic (exact) mass is 397 g/mol. The smallest absolute Gasteiger partial charge is 0.222 e. The number of nitrogens with zero attached hydrogens (tertiary/aromatic N) is 1. The van der Waals surface area contributed by atoms with Crippen molar-refractivity contribution in [3.63, 3.8) is 0 Å². The van der Waals surface area contributed by atoms with Gasteiger partial charge in [0.05, 0.1) is 11.5 Å². The Morgan fingerprint density at radius 1 is 1.00 bits per heavy atom. The van der Waals surface area contributed by atoms with Crippen molar-refractivity contribution in [2.75, 3.05) is 24.6 Å². The predicted octanol–water partition coefficient (Wildman–Crippen LogP) is 3.42. The molecular formula is C23H27NO3S. The van der Waals surface area contributed by atoms with E-state index in [1.54, 1.807) is 0 Å². The number of carbonyl (C=O) groups excluding carboxylic acids is 1. The summed E-state index contributed by atoms with van der Waals surface area (Å²) in [5, 5.41) is 0. The Labute approximate surface area is 167 Å². The van der Waals surface area contributed by atoms with E-state index in [9.17, 15) is 13.2 Å². The van der Waals surface area contributed by atoms with Gasteiger partial charge in [-0.15, -0.1) is 0 Å². The first-order valence-corrected chi connectivity index (χ1v) is 11.9. The molecule has 0 aliphatic carbocycles. The van der Waals surface area contributed by atoms with Crippen molar-refractivity contribution >= 4 is 15.7 Å². The van der Waals surface area contributed by atoms with Crippen molar-refractivity contribution in [2.24, 2.45) is 5.92 Å². The van der Waals surface area contributed by atoms with Crippen molar-refractivity contribution in [2.45, 2.75) is 31.1 Å². The number of benzene rings is 2. The van der Waals surface area contributed by atoms with Gasteiger partial charge in [-0.3, -0.25) is 4.79 Å². The summed E-state index contributed by atoms with van der Waals surface area (Å²) in [6.07, 6.45) is 2.91. The van der Waals surface area contributed by atoms with E-state index >= 15 is 0 Å². The highest BCUT2D eigenvalue weighted by Crippen LogP contribution is 2.40. The molecule has 0 spiro atoms. The number of hydrogen-bond donors (Lipinski definition) is 0. The molecule has 1 atom stereocenters. The average Bonchev–Trinajstić information content (AvgIpc) is 3.07. The summed E-state index contributed by atoms with van der Waals surface area (Å²) in [6, 6.07) is 20.9. The fourth-order valence-corrected chi connectivity index (χ4v) is 6.69. The van der Waals surface area contributed by atoms with Crippen LogP contribution >= 0.6 is 0 Å². The highest BCUT2D eigenvalue weighted by Gasteiger charge is 2.40. The van der Waals surface area contributed by atoms with Gasteiger partial charge in [-0.2, -0.15) is 0 Å². The molecule has 2 saturated heterocycles. The molecule has 2 aliphatic heterocycles. The minimum atomic E-state index is -2.95. The summed E-state index contributed by atoms with van der Waals surface area (Å²) in [5.41, 5.74) is 2.27. The van der Waals surface area contributed by atoms with Crippen LogP contribution in [0.2, 0.25) is 0 Å². The predicted molar refractivity (Wildman–Crippen MR) is 111 cm³/mol. The number of amides is 1. The lowest BCUT2D eigenvalue weighted by Gasteiger charge is -2.44. The number of piperidine rings is 1. The van der Waals surface area contributed by atoms with Gasteiger partial charge in [0.2, 0.25) is 5.91 Å². The second-order valence-electron chi connectivity index (χ2n) is 8.21. The second-order valence-corrected chi connectivity index (χ2v) is 10.4. The summed E-state index contributed by atoms with van der Waals surface area (Å²) in [7, 11) is -2.95. The van der Waals surface area contributed by atoms with Crippen LogP contribution in [-0.4, -0.2) is 43.8 Å². The van der Waals surface area contributed by atoms with Gasteiger partial charge < -0.3 is 4.90 Å². The molecule has 1 amide bonds. The van der Waals surface area contributed by atoms with Gasteiger partial charge in [0, 0.05) is 24.9 Å². The van der Waals surface area contributed by atoms with Gasteiger partial charge in [0.25, 0.3) is 0 Å². The Morgan fingerprint density at radius 3 is 2.14 bits per heavy atom. The quantitative estimate of drug-likeness (QED) is 0.794. The van der Waals surface area contributed by atoms with Crippen molar-refractivity contribution in [1.82, 2.24) is 4.90 Å². The molecule has 2 aromatic carbocycles. The maximum atomic E-state index is 13.0. The molecule has 4 rings (SSSR count). The zero-order valence-corrected chi connectivity index (χ0v) is 16.9. The third kappa shape index (κ3) is 3.86. The minimum absolute atomic E-state index is 0.0257. The molecule has 28 heavy (non-hydrogen) atoms. The Hall–Kier alpha value is -2.14. The van der Waals surface area contributed by atoms with Gasteiger partial charge in [0.1, 0.15) is 0 Å². The van der Waals surface area contributed by atoms with Crippen LogP contribution in [0.25, 0.3) is 0 Å². The average molecular weight is 398 g/mol. The fourth-order valence-electron chi connectivity index (χ4n) is 4.83. The SMILES string of the molecule is O=C(CC1CCS(=O)(=O)C1)N1CCCC(c2ccccc2)(c2ccccc2)C1. The lowest BCUT2D eigenvalue weighted by molar-refractivity contribution is -0.134. The molecule has 0 saturated carbocycles. The summed E-state index contributed by atoms with van der Waals surface area (Å²) in [4.78, 5) is 15.0. The summed E-state index contributed by atoms with van der Waals surface area (Å²) in [6.45, 7) is 1.40. The van der Waals surface area contributed by atoms with Crippen LogP contribution in [0.3, 0.4) is 0 Å². The number of sulfone groups is 1. The van der Waals surface area contributed by atoms with E-state index in [0.29, 0.717) is 19.4 Å². The molecule has 0 N–H and O–H groups in total. The first-order chi connectivity index (χ1) is 13.5. The molecule has 2 aliphatic rings. The number of carbonyl (C=O) groups is 1. The van der Waals surface area contributed by atoms with E-state index in [4.69, 9.17) is 0 Å². The van der Waals surface area contributed by atoms with Crippen LogP contribution in [0.1, 0.15) is 36.8 Å². The highest BCUT2D eigenvalue weighted by molar-refractivity contribution is 7.91. The molecule has 148 valence electrons. The van der Waals surface area contributed by atoms with Gasteiger partial charge >= 0.3 is 0 Å². The van der Waals surface area contributed by atoms with Gasteiger partial charge in [-0.25, -0.2) is 8.42 Å². The minimum Gasteiger partial charge on any atom is -0.341 e. The fraction of sp³-hybridized carbons (Fsp3) is 0.435. The number of rotatable bonds is 4. The maximum absolute atomic E-state index is 13.0. The van der Waals surface area contributed by atoms with E-state index in [2.05, 4.69) is 48.5 Å². The van der Waals surface area contributed by atoms with Crippen LogP contribution in [0.4, 0.5) is 0 Å². The molecule has 1 unspecified atom stereocenters. The van der Waals surface area contributed by atoms with Crippen molar-refractivity contribution in [1.29, 1.82) is 0 Å². The Balaban J connectivity index is 1.59. The second kappa shape index (κ2) is 7.70. The summed E-state index contributed by atoms with van der Waals surface area (Å²) >= 11 is 0. The standard InChI is InChI=1S/C23H27NO3S/c25-22(16-19-12-15-28(26,27)17-19)24-14-7-13-23(18-24,20-8-3-1-4-9-20)21-10-5-2-6-11-21/h1-6,8-11,19H,7,12-18H2. The third-order valence-corrected chi connectivity index (χ3v) is 8.12. The maximum Gasteiger partial charge on any atom is 0.222 e. The first kappa shape index (κ1) is 19.2. The first-order valence-electron chi connectivity index (χ1n) is 10.1. The Kier molecular flexibility index (Phi) is 5.28. The van der Waals surface area contributed by atoms with Crippen LogP contribution < -0.4 is 0 Å². The topological polar surface area (TPSA) is 54.5 Å². The molecule has 4 nitrogen and oxygen atoms in total.